The Morgan fingerprint density at radius 3 is 2.33 bits per heavy atom. The number of likely N-dealkylation sites (tertiary alicyclic amines) is 1. The fraction of sp³-hybridized carbons (Fsp3) is 0.818. The van der Waals surface area contributed by atoms with E-state index in [0.29, 0.717) is 12.3 Å². The summed E-state index contributed by atoms with van der Waals surface area (Å²) in [7, 11) is 0. The Hall–Kier alpha value is -0.900. The molecular formula is C11H18N2O2. The normalized spacial score (nSPS) is 27.6. The molecule has 15 heavy (non-hydrogen) atoms. The van der Waals surface area contributed by atoms with Gasteiger partial charge in [-0.15, -0.1) is 0 Å². The summed E-state index contributed by atoms with van der Waals surface area (Å²) in [6.45, 7) is 1.27. The van der Waals surface area contributed by atoms with Crippen molar-refractivity contribution in [3.63, 3.8) is 0 Å². The van der Waals surface area contributed by atoms with Crippen molar-refractivity contribution in [3.05, 3.63) is 0 Å². The third-order valence-electron chi connectivity index (χ3n) is 3.63. The van der Waals surface area contributed by atoms with Gasteiger partial charge >= 0.3 is 0 Å². The summed E-state index contributed by atoms with van der Waals surface area (Å²) in [5.41, 5.74) is 5.23. The number of rotatable bonds is 4. The van der Waals surface area contributed by atoms with Crippen molar-refractivity contribution in [2.75, 3.05) is 13.1 Å². The van der Waals surface area contributed by atoms with Crippen LogP contribution in [0.15, 0.2) is 0 Å². The average molecular weight is 210 g/mol. The van der Waals surface area contributed by atoms with E-state index in [0.717, 1.165) is 25.8 Å². The molecule has 1 saturated heterocycles. The zero-order chi connectivity index (χ0) is 10.8. The maximum atomic E-state index is 11.8. The molecule has 84 valence electrons. The zero-order valence-electron chi connectivity index (χ0n) is 8.95. The van der Waals surface area contributed by atoms with Crippen LogP contribution in [-0.2, 0) is 9.59 Å². The molecule has 0 aromatic rings. The van der Waals surface area contributed by atoms with Crippen molar-refractivity contribution in [2.45, 2.75) is 38.1 Å². The molecule has 0 radical (unpaired) electrons. The largest absolute Gasteiger partial charge is 0.368 e. The first kappa shape index (κ1) is 10.6. The lowest BCUT2D eigenvalue weighted by atomic mass is 9.97. The van der Waals surface area contributed by atoms with E-state index in [4.69, 9.17) is 5.73 Å². The van der Waals surface area contributed by atoms with E-state index < -0.39 is 0 Å². The minimum atomic E-state index is -0.291. The van der Waals surface area contributed by atoms with Crippen molar-refractivity contribution in [2.24, 2.45) is 11.7 Å². The highest BCUT2D eigenvalue weighted by Crippen LogP contribution is 2.27. The van der Waals surface area contributed by atoms with Gasteiger partial charge in [0.1, 0.15) is 5.78 Å². The summed E-state index contributed by atoms with van der Waals surface area (Å²) in [6, 6.07) is -0.185. The number of Topliss-reactive ketones (excluding diaryl/α,β-unsaturated/α-hetero) is 1. The van der Waals surface area contributed by atoms with Crippen LogP contribution in [0, 0.1) is 5.92 Å². The van der Waals surface area contributed by atoms with Crippen LogP contribution in [0.3, 0.4) is 0 Å². The topological polar surface area (TPSA) is 63.4 Å². The summed E-state index contributed by atoms with van der Waals surface area (Å²) in [5.74, 6) is 0.262. The van der Waals surface area contributed by atoms with Crippen LogP contribution in [0.1, 0.15) is 32.1 Å². The quantitative estimate of drug-likeness (QED) is 0.726. The number of nitrogens with zero attached hydrogens (tertiary/aromatic N) is 1. The van der Waals surface area contributed by atoms with Gasteiger partial charge in [-0.1, -0.05) is 12.8 Å². The van der Waals surface area contributed by atoms with Gasteiger partial charge in [-0.3, -0.25) is 14.5 Å². The molecule has 0 bridgehead atoms. The molecule has 0 aromatic carbocycles. The summed E-state index contributed by atoms with van der Waals surface area (Å²) in [6.07, 6.45) is 5.24. The SMILES string of the molecule is NC(=O)C1CCN1CC(=O)C1CCCC1. The van der Waals surface area contributed by atoms with Gasteiger partial charge in [0, 0.05) is 12.5 Å². The number of primary amides is 1. The highest BCUT2D eigenvalue weighted by Gasteiger charge is 2.35. The molecule has 1 saturated carbocycles. The first-order chi connectivity index (χ1) is 7.18. The molecule has 2 rings (SSSR count). The third-order valence-corrected chi connectivity index (χ3v) is 3.63. The Morgan fingerprint density at radius 1 is 1.20 bits per heavy atom. The van der Waals surface area contributed by atoms with Gasteiger partial charge < -0.3 is 5.73 Å². The zero-order valence-corrected chi connectivity index (χ0v) is 8.95. The van der Waals surface area contributed by atoms with Crippen LogP contribution in [0.2, 0.25) is 0 Å². The van der Waals surface area contributed by atoms with E-state index in [1.165, 1.54) is 12.8 Å². The van der Waals surface area contributed by atoms with Gasteiger partial charge in [0.15, 0.2) is 0 Å². The number of ketones is 1. The lowest BCUT2D eigenvalue weighted by molar-refractivity contribution is -0.132. The van der Waals surface area contributed by atoms with Crippen molar-refractivity contribution >= 4 is 11.7 Å². The Morgan fingerprint density at radius 2 is 1.87 bits per heavy atom. The highest BCUT2D eigenvalue weighted by atomic mass is 16.2. The van der Waals surface area contributed by atoms with Gasteiger partial charge in [-0.05, 0) is 19.3 Å². The number of hydrogen-bond donors (Lipinski definition) is 1. The van der Waals surface area contributed by atoms with E-state index in [2.05, 4.69) is 0 Å². The molecule has 1 unspecified atom stereocenters. The lowest BCUT2D eigenvalue weighted by Gasteiger charge is -2.38. The third kappa shape index (κ3) is 2.20. The van der Waals surface area contributed by atoms with E-state index in [9.17, 15) is 9.59 Å². The molecule has 0 aromatic heterocycles. The minimum Gasteiger partial charge on any atom is -0.368 e. The van der Waals surface area contributed by atoms with Crippen LogP contribution < -0.4 is 5.73 Å². The molecule has 4 nitrogen and oxygen atoms in total. The maximum Gasteiger partial charge on any atom is 0.234 e. The second-order valence-electron chi connectivity index (χ2n) is 4.63. The standard InChI is InChI=1S/C11H18N2O2/c12-11(15)9-5-6-13(9)7-10(14)8-3-1-2-4-8/h8-9H,1-7H2,(H2,12,15). The molecule has 4 heteroatoms. The molecule has 0 spiro atoms. The summed E-state index contributed by atoms with van der Waals surface area (Å²) in [4.78, 5) is 24.7. The van der Waals surface area contributed by atoms with E-state index in [1.807, 2.05) is 4.90 Å². The van der Waals surface area contributed by atoms with Gasteiger partial charge in [0.25, 0.3) is 0 Å². The number of nitrogens with two attached hydrogens (primary N) is 1. The second-order valence-corrected chi connectivity index (χ2v) is 4.63. The lowest BCUT2D eigenvalue weighted by Crippen LogP contribution is -2.56. The predicted octanol–water partition coefficient (Wildman–Crippen LogP) is 0.305. The fourth-order valence-electron chi connectivity index (χ4n) is 2.53. The minimum absolute atomic E-state index is 0.185. The second kappa shape index (κ2) is 4.31. The average Bonchev–Trinajstić information content (AvgIpc) is 2.63. The van der Waals surface area contributed by atoms with Crippen LogP contribution in [-0.4, -0.2) is 35.7 Å². The number of amides is 1. The number of carbonyl (C=O) groups is 2. The molecule has 1 aliphatic heterocycles. The van der Waals surface area contributed by atoms with Crippen LogP contribution in [0.4, 0.5) is 0 Å². The highest BCUT2D eigenvalue weighted by molar-refractivity contribution is 5.85. The van der Waals surface area contributed by atoms with Crippen LogP contribution in [0.5, 0.6) is 0 Å². The molecule has 1 atom stereocenters. The first-order valence-electron chi connectivity index (χ1n) is 5.74. The van der Waals surface area contributed by atoms with E-state index >= 15 is 0 Å². The Balaban J connectivity index is 1.81. The Labute approximate surface area is 89.8 Å². The smallest absolute Gasteiger partial charge is 0.234 e. The van der Waals surface area contributed by atoms with E-state index in [-0.39, 0.29) is 17.9 Å². The Bertz CT molecular complexity index is 272. The van der Waals surface area contributed by atoms with Crippen LogP contribution in [0.25, 0.3) is 0 Å². The van der Waals surface area contributed by atoms with Gasteiger partial charge in [0.2, 0.25) is 5.91 Å². The van der Waals surface area contributed by atoms with E-state index in [1.54, 1.807) is 0 Å². The molecule has 2 aliphatic rings. The van der Waals surface area contributed by atoms with Crippen molar-refractivity contribution in [1.82, 2.24) is 4.90 Å². The first-order valence-corrected chi connectivity index (χ1v) is 5.74. The predicted molar refractivity (Wildman–Crippen MR) is 56.1 cm³/mol. The molecular weight excluding hydrogens is 192 g/mol. The monoisotopic (exact) mass is 210 g/mol. The van der Waals surface area contributed by atoms with Crippen molar-refractivity contribution in [1.29, 1.82) is 0 Å². The number of hydrogen-bond acceptors (Lipinski definition) is 3. The number of carbonyl (C=O) groups excluding carboxylic acids is 2. The fourth-order valence-corrected chi connectivity index (χ4v) is 2.53. The maximum absolute atomic E-state index is 11.8. The molecule has 2 N–H and O–H groups in total. The molecule has 1 amide bonds. The van der Waals surface area contributed by atoms with Gasteiger partial charge in [0.05, 0.1) is 12.6 Å². The Kier molecular flexibility index (Phi) is 3.05. The summed E-state index contributed by atoms with van der Waals surface area (Å²) < 4.78 is 0. The summed E-state index contributed by atoms with van der Waals surface area (Å²) in [5, 5.41) is 0. The van der Waals surface area contributed by atoms with Crippen molar-refractivity contribution < 1.29 is 9.59 Å². The summed E-state index contributed by atoms with van der Waals surface area (Å²) >= 11 is 0. The van der Waals surface area contributed by atoms with Gasteiger partial charge in [-0.2, -0.15) is 0 Å². The molecule has 1 aliphatic carbocycles. The van der Waals surface area contributed by atoms with Gasteiger partial charge in [-0.25, -0.2) is 0 Å². The molecule has 1 heterocycles. The molecule has 2 fully saturated rings. The van der Waals surface area contributed by atoms with Crippen molar-refractivity contribution in [3.8, 4) is 0 Å². The van der Waals surface area contributed by atoms with Crippen LogP contribution >= 0.6 is 0 Å².